The molecule has 2 aliphatic heterocycles. The number of carbonyl (C=O) groups excluding carboxylic acids is 1. The van der Waals surface area contributed by atoms with Crippen molar-refractivity contribution < 1.29 is 19.0 Å². The van der Waals surface area contributed by atoms with E-state index in [9.17, 15) is 4.79 Å². The SMILES string of the molecule is CCOC(=O)C1=C(C)N=C2SC=CN2[C@@H]1c1ccc(OCCOc2ccccc2Cl)cc1. The first kappa shape index (κ1) is 22.3. The molecule has 0 spiro atoms. The third kappa shape index (κ3) is 4.79. The molecule has 8 heteroatoms. The van der Waals surface area contributed by atoms with Gasteiger partial charge in [0.1, 0.15) is 24.7 Å². The monoisotopic (exact) mass is 470 g/mol. The Hall–Kier alpha value is -2.90. The Morgan fingerprint density at radius 3 is 2.62 bits per heavy atom. The first-order valence-electron chi connectivity index (χ1n) is 10.3. The predicted octanol–water partition coefficient (Wildman–Crippen LogP) is 5.57. The Balaban J connectivity index is 1.45. The molecule has 0 bridgehead atoms. The fourth-order valence-corrected chi connectivity index (χ4v) is 4.50. The normalized spacial score (nSPS) is 17.2. The number of carbonyl (C=O) groups is 1. The summed E-state index contributed by atoms with van der Waals surface area (Å²) >= 11 is 7.63. The standard InChI is InChI=1S/C24H23ClN2O4S/c1-3-29-23(28)21-16(2)26-24-27(12-15-32-24)22(21)17-8-10-18(11-9-17)30-13-14-31-20-7-5-4-6-19(20)25/h4-12,15,22H,3,13-14H2,1-2H3/t22-/m1/s1. The van der Waals surface area contributed by atoms with Gasteiger partial charge in [-0.25, -0.2) is 9.79 Å². The van der Waals surface area contributed by atoms with Crippen LogP contribution in [0.25, 0.3) is 0 Å². The lowest BCUT2D eigenvalue weighted by Crippen LogP contribution is -2.34. The van der Waals surface area contributed by atoms with Gasteiger partial charge < -0.3 is 19.1 Å². The number of benzene rings is 2. The predicted molar refractivity (Wildman–Crippen MR) is 127 cm³/mol. The molecule has 166 valence electrons. The third-order valence-electron chi connectivity index (χ3n) is 4.96. The smallest absolute Gasteiger partial charge is 0.338 e. The number of amidine groups is 1. The maximum Gasteiger partial charge on any atom is 0.338 e. The van der Waals surface area contributed by atoms with Gasteiger partial charge in [-0.05, 0) is 49.1 Å². The summed E-state index contributed by atoms with van der Waals surface area (Å²) in [5.41, 5.74) is 2.17. The second-order valence-electron chi connectivity index (χ2n) is 7.02. The number of halogens is 1. The minimum Gasteiger partial charge on any atom is -0.490 e. The van der Waals surface area contributed by atoms with Crippen molar-refractivity contribution in [3.8, 4) is 11.5 Å². The summed E-state index contributed by atoms with van der Waals surface area (Å²) in [5.74, 6) is 0.999. The van der Waals surface area contributed by atoms with Crippen LogP contribution < -0.4 is 9.47 Å². The van der Waals surface area contributed by atoms with Crippen molar-refractivity contribution in [1.29, 1.82) is 0 Å². The third-order valence-corrected chi connectivity index (χ3v) is 6.04. The molecule has 2 heterocycles. The lowest BCUT2D eigenvalue weighted by atomic mass is 9.95. The molecule has 2 aromatic rings. The Kier molecular flexibility index (Phi) is 7.07. The maximum absolute atomic E-state index is 12.7. The molecule has 0 aliphatic carbocycles. The molecule has 1 atom stereocenters. The Morgan fingerprint density at radius 1 is 1.12 bits per heavy atom. The number of aliphatic imine (C=N–C) groups is 1. The maximum atomic E-state index is 12.7. The second kappa shape index (κ2) is 10.1. The van der Waals surface area contributed by atoms with E-state index in [-0.39, 0.29) is 12.0 Å². The van der Waals surface area contributed by atoms with Crippen molar-refractivity contribution >= 4 is 34.5 Å². The van der Waals surface area contributed by atoms with Gasteiger partial charge >= 0.3 is 5.97 Å². The van der Waals surface area contributed by atoms with Gasteiger partial charge in [0.15, 0.2) is 5.17 Å². The summed E-state index contributed by atoms with van der Waals surface area (Å²) in [6, 6.07) is 14.7. The van der Waals surface area contributed by atoms with Gasteiger partial charge in [-0.2, -0.15) is 0 Å². The van der Waals surface area contributed by atoms with E-state index in [1.54, 1.807) is 13.0 Å². The highest BCUT2D eigenvalue weighted by Gasteiger charge is 2.37. The van der Waals surface area contributed by atoms with Gasteiger partial charge in [0.05, 0.1) is 28.9 Å². The fraction of sp³-hybridized carbons (Fsp3) is 0.250. The van der Waals surface area contributed by atoms with E-state index in [1.165, 1.54) is 11.8 Å². The molecule has 0 N–H and O–H groups in total. The van der Waals surface area contributed by atoms with Gasteiger partial charge in [0.25, 0.3) is 0 Å². The minimum absolute atomic E-state index is 0.301. The molecule has 2 aliphatic rings. The van der Waals surface area contributed by atoms with Crippen LogP contribution in [0.15, 0.2) is 76.4 Å². The average Bonchev–Trinajstić information content (AvgIpc) is 3.25. The van der Waals surface area contributed by atoms with Gasteiger partial charge in [0.2, 0.25) is 0 Å². The molecule has 0 amide bonds. The number of hydrogen-bond donors (Lipinski definition) is 0. The zero-order chi connectivity index (χ0) is 22.5. The number of rotatable bonds is 8. The molecule has 6 nitrogen and oxygen atoms in total. The average molecular weight is 471 g/mol. The van der Waals surface area contributed by atoms with Crippen LogP contribution in [-0.4, -0.2) is 35.9 Å². The number of fused-ring (bicyclic) bond motifs is 1. The second-order valence-corrected chi connectivity index (χ2v) is 8.30. The van der Waals surface area contributed by atoms with E-state index in [4.69, 9.17) is 25.8 Å². The minimum atomic E-state index is -0.347. The summed E-state index contributed by atoms with van der Waals surface area (Å²) in [6.45, 7) is 4.71. The Labute approximate surface area is 196 Å². The van der Waals surface area contributed by atoms with Crippen molar-refractivity contribution in [3.63, 3.8) is 0 Å². The molecule has 0 radical (unpaired) electrons. The van der Waals surface area contributed by atoms with E-state index < -0.39 is 0 Å². The summed E-state index contributed by atoms with van der Waals surface area (Å²) in [6.07, 6.45) is 1.94. The number of hydrogen-bond acceptors (Lipinski definition) is 7. The Morgan fingerprint density at radius 2 is 1.88 bits per heavy atom. The van der Waals surface area contributed by atoms with E-state index in [0.717, 1.165) is 10.7 Å². The lowest BCUT2D eigenvalue weighted by Gasteiger charge is -2.33. The number of thioether (sulfide) groups is 1. The van der Waals surface area contributed by atoms with Crippen molar-refractivity contribution in [2.75, 3.05) is 19.8 Å². The first-order chi connectivity index (χ1) is 15.6. The molecular formula is C24H23ClN2O4S. The fourth-order valence-electron chi connectivity index (χ4n) is 3.52. The molecule has 0 saturated carbocycles. The van der Waals surface area contributed by atoms with Crippen LogP contribution in [0, 0.1) is 0 Å². The number of nitrogens with zero attached hydrogens (tertiary/aromatic N) is 2. The highest BCUT2D eigenvalue weighted by Crippen LogP contribution is 2.41. The van der Waals surface area contributed by atoms with Crippen molar-refractivity contribution in [2.45, 2.75) is 19.9 Å². The van der Waals surface area contributed by atoms with E-state index in [0.29, 0.717) is 47.6 Å². The largest absolute Gasteiger partial charge is 0.490 e. The van der Waals surface area contributed by atoms with Gasteiger partial charge in [-0.15, -0.1) is 0 Å². The zero-order valence-electron chi connectivity index (χ0n) is 17.8. The molecule has 0 aromatic heterocycles. The molecule has 32 heavy (non-hydrogen) atoms. The topological polar surface area (TPSA) is 60.4 Å². The van der Waals surface area contributed by atoms with Crippen molar-refractivity contribution in [2.24, 2.45) is 4.99 Å². The van der Waals surface area contributed by atoms with Crippen LogP contribution >= 0.6 is 23.4 Å². The van der Waals surface area contributed by atoms with Crippen LogP contribution in [0.4, 0.5) is 0 Å². The summed E-state index contributed by atoms with van der Waals surface area (Å²) in [4.78, 5) is 19.3. The van der Waals surface area contributed by atoms with Crippen LogP contribution in [0.2, 0.25) is 5.02 Å². The number of para-hydroxylation sites is 1. The van der Waals surface area contributed by atoms with Crippen LogP contribution in [0.1, 0.15) is 25.5 Å². The highest BCUT2D eigenvalue weighted by atomic mass is 35.5. The summed E-state index contributed by atoms with van der Waals surface area (Å²) in [7, 11) is 0. The van der Waals surface area contributed by atoms with Gasteiger partial charge in [-0.1, -0.05) is 47.6 Å². The van der Waals surface area contributed by atoms with Crippen LogP contribution in [0.5, 0.6) is 11.5 Å². The lowest BCUT2D eigenvalue weighted by molar-refractivity contribution is -0.139. The van der Waals surface area contributed by atoms with E-state index >= 15 is 0 Å². The zero-order valence-corrected chi connectivity index (χ0v) is 19.4. The number of esters is 1. The molecule has 0 fully saturated rings. The Bertz CT molecular complexity index is 1080. The van der Waals surface area contributed by atoms with Crippen LogP contribution in [0.3, 0.4) is 0 Å². The summed E-state index contributed by atoms with van der Waals surface area (Å²) < 4.78 is 16.8. The molecule has 2 aromatic carbocycles. The van der Waals surface area contributed by atoms with Crippen LogP contribution in [-0.2, 0) is 9.53 Å². The van der Waals surface area contributed by atoms with E-state index in [1.807, 2.05) is 65.9 Å². The number of allylic oxidation sites excluding steroid dienone is 1. The van der Waals surface area contributed by atoms with Crippen molar-refractivity contribution in [1.82, 2.24) is 4.90 Å². The van der Waals surface area contributed by atoms with Crippen molar-refractivity contribution in [3.05, 3.63) is 82.0 Å². The quantitative estimate of drug-likeness (QED) is 0.371. The molecule has 0 saturated heterocycles. The highest BCUT2D eigenvalue weighted by molar-refractivity contribution is 8.16. The van der Waals surface area contributed by atoms with Gasteiger partial charge in [-0.3, -0.25) is 0 Å². The summed E-state index contributed by atoms with van der Waals surface area (Å²) in [5, 5.41) is 3.38. The van der Waals surface area contributed by atoms with E-state index in [2.05, 4.69) is 4.99 Å². The molecular weight excluding hydrogens is 448 g/mol. The molecule has 0 unspecified atom stereocenters. The first-order valence-corrected chi connectivity index (χ1v) is 11.5. The van der Waals surface area contributed by atoms with Gasteiger partial charge in [0, 0.05) is 6.20 Å². The molecule has 4 rings (SSSR count). The number of ether oxygens (including phenoxy) is 3.